The number of carbonyl (C=O) groups is 1. The number of aromatic nitrogens is 2. The lowest BCUT2D eigenvalue weighted by atomic mass is 10.0. The zero-order valence-electron chi connectivity index (χ0n) is 11.7. The van der Waals surface area contributed by atoms with Crippen molar-refractivity contribution in [3.05, 3.63) is 58.4 Å². The van der Waals surface area contributed by atoms with Crippen LogP contribution in [0.5, 0.6) is 0 Å². The number of amides is 1. The van der Waals surface area contributed by atoms with E-state index in [-0.39, 0.29) is 25.1 Å². The number of nitrogens with zero attached hydrogens (tertiary/aromatic N) is 3. The zero-order chi connectivity index (χ0) is 14.7. The molecule has 0 aliphatic carbocycles. The maximum atomic E-state index is 12.1. The molecule has 0 radical (unpaired) electrons. The molecule has 0 saturated carbocycles. The van der Waals surface area contributed by atoms with Gasteiger partial charge in [0.1, 0.15) is 6.61 Å². The number of fused-ring (bicyclic) bond motifs is 1. The fourth-order valence-electron chi connectivity index (χ4n) is 2.32. The molecule has 3 rings (SSSR count). The van der Waals surface area contributed by atoms with Gasteiger partial charge in [0.05, 0.1) is 12.7 Å². The van der Waals surface area contributed by atoms with Crippen molar-refractivity contribution in [3.8, 4) is 0 Å². The molecule has 5 nitrogen and oxygen atoms in total. The smallest absolute Gasteiger partial charge is 0.410 e. The largest absolute Gasteiger partial charge is 0.445 e. The van der Waals surface area contributed by atoms with Crippen molar-refractivity contribution in [2.45, 2.75) is 19.6 Å². The molecule has 0 unspecified atom stereocenters. The Hall–Kier alpha value is -1.85. The Bertz CT molecular complexity index is 652. The Kier molecular flexibility index (Phi) is 5.57. The molecule has 1 aliphatic rings. The van der Waals surface area contributed by atoms with Gasteiger partial charge < -0.3 is 9.64 Å². The van der Waals surface area contributed by atoms with Crippen molar-refractivity contribution in [2.24, 2.45) is 0 Å². The summed E-state index contributed by atoms with van der Waals surface area (Å²) in [5.74, 6) is 0. The van der Waals surface area contributed by atoms with Crippen molar-refractivity contribution in [2.75, 3.05) is 6.54 Å². The van der Waals surface area contributed by atoms with E-state index in [4.69, 9.17) is 16.3 Å². The summed E-state index contributed by atoms with van der Waals surface area (Å²) in [5, 5.41) is 8.06. The summed E-state index contributed by atoms with van der Waals surface area (Å²) >= 11 is 6.00. The number of ether oxygens (including phenoxy) is 1. The van der Waals surface area contributed by atoms with Gasteiger partial charge in [0.15, 0.2) is 5.15 Å². The Balaban J connectivity index is 0.00000176. The molecule has 2 aromatic rings. The number of carbonyl (C=O) groups excluding carboxylic acids is 1. The third-order valence-corrected chi connectivity index (χ3v) is 3.76. The van der Waals surface area contributed by atoms with Crippen LogP contribution in [0.3, 0.4) is 0 Å². The second-order valence-electron chi connectivity index (χ2n) is 4.85. The van der Waals surface area contributed by atoms with Crippen LogP contribution < -0.4 is 0 Å². The Morgan fingerprint density at radius 3 is 2.86 bits per heavy atom. The summed E-state index contributed by atoms with van der Waals surface area (Å²) in [6.07, 6.45) is 2.00. The minimum absolute atomic E-state index is 0. The van der Waals surface area contributed by atoms with E-state index in [0.29, 0.717) is 24.7 Å². The first-order valence-electron chi connectivity index (χ1n) is 6.68. The quantitative estimate of drug-likeness (QED) is 0.842. The highest BCUT2D eigenvalue weighted by Gasteiger charge is 2.24. The van der Waals surface area contributed by atoms with E-state index < -0.39 is 0 Å². The van der Waals surface area contributed by atoms with Crippen LogP contribution in [0.1, 0.15) is 16.7 Å². The first-order chi connectivity index (χ1) is 10.2. The van der Waals surface area contributed by atoms with E-state index in [1.54, 1.807) is 11.1 Å². The minimum atomic E-state index is -0.322. The van der Waals surface area contributed by atoms with Crippen LogP contribution >= 0.6 is 24.0 Å². The molecule has 116 valence electrons. The van der Waals surface area contributed by atoms with Crippen molar-refractivity contribution in [3.63, 3.8) is 0 Å². The molecule has 0 fully saturated rings. The van der Waals surface area contributed by atoms with Gasteiger partial charge >= 0.3 is 6.09 Å². The van der Waals surface area contributed by atoms with Gasteiger partial charge in [0.25, 0.3) is 0 Å². The second kappa shape index (κ2) is 7.42. The van der Waals surface area contributed by atoms with Gasteiger partial charge in [-0.3, -0.25) is 0 Å². The average Bonchev–Trinajstić information content (AvgIpc) is 2.53. The molecule has 0 bridgehead atoms. The maximum absolute atomic E-state index is 12.1. The van der Waals surface area contributed by atoms with E-state index in [0.717, 1.165) is 16.7 Å². The summed E-state index contributed by atoms with van der Waals surface area (Å²) in [7, 11) is 0. The predicted octanol–water partition coefficient (Wildman–Crippen LogP) is 3.25. The van der Waals surface area contributed by atoms with Crippen LogP contribution in [0.15, 0.2) is 36.5 Å². The lowest BCUT2D eigenvalue weighted by molar-refractivity contribution is 0.0917. The predicted molar refractivity (Wildman–Crippen MR) is 85.0 cm³/mol. The molecule has 0 atom stereocenters. The highest BCUT2D eigenvalue weighted by molar-refractivity contribution is 6.30. The Labute approximate surface area is 139 Å². The maximum Gasteiger partial charge on any atom is 0.410 e. The lowest BCUT2D eigenvalue weighted by Crippen LogP contribution is -2.36. The van der Waals surface area contributed by atoms with Gasteiger partial charge in [-0.1, -0.05) is 41.9 Å². The van der Waals surface area contributed by atoms with Crippen LogP contribution in [0, 0.1) is 0 Å². The molecule has 1 amide bonds. The summed E-state index contributed by atoms with van der Waals surface area (Å²) in [4.78, 5) is 13.8. The van der Waals surface area contributed by atoms with Gasteiger partial charge in [0.2, 0.25) is 0 Å². The van der Waals surface area contributed by atoms with Crippen LogP contribution in [0.4, 0.5) is 4.79 Å². The van der Waals surface area contributed by atoms with Crippen molar-refractivity contribution < 1.29 is 9.53 Å². The third kappa shape index (κ3) is 3.67. The Morgan fingerprint density at radius 2 is 2.09 bits per heavy atom. The standard InChI is InChI=1S/C15H14ClN3O2.ClH/c16-14-13-6-7-19(9-12(13)8-17-18-14)15(20)21-10-11-4-2-1-3-5-11;/h1-5,8H,6-7,9-10H2;1H. The number of halogens is 2. The van der Waals surface area contributed by atoms with Crippen LogP contribution in [0.25, 0.3) is 0 Å². The van der Waals surface area contributed by atoms with E-state index in [9.17, 15) is 4.79 Å². The average molecular weight is 340 g/mol. The Morgan fingerprint density at radius 1 is 1.32 bits per heavy atom. The summed E-state index contributed by atoms with van der Waals surface area (Å²) in [6, 6.07) is 9.61. The number of benzene rings is 1. The van der Waals surface area contributed by atoms with Gasteiger partial charge in [-0.15, -0.1) is 17.5 Å². The van der Waals surface area contributed by atoms with Gasteiger partial charge in [-0.2, -0.15) is 5.10 Å². The third-order valence-electron chi connectivity index (χ3n) is 3.45. The van der Waals surface area contributed by atoms with Crippen LogP contribution in [-0.4, -0.2) is 27.7 Å². The molecule has 7 heteroatoms. The van der Waals surface area contributed by atoms with E-state index in [2.05, 4.69) is 10.2 Å². The molecule has 1 aromatic heterocycles. The fraction of sp³-hybridized carbons (Fsp3) is 0.267. The normalized spacial score (nSPS) is 13.0. The topological polar surface area (TPSA) is 55.3 Å². The number of hydrogen-bond donors (Lipinski definition) is 0. The molecule has 0 N–H and O–H groups in total. The highest BCUT2D eigenvalue weighted by Crippen LogP contribution is 2.23. The number of hydrogen-bond acceptors (Lipinski definition) is 4. The molecular weight excluding hydrogens is 325 g/mol. The number of rotatable bonds is 2. The summed E-state index contributed by atoms with van der Waals surface area (Å²) in [6.45, 7) is 1.31. The van der Waals surface area contributed by atoms with Crippen molar-refractivity contribution in [1.82, 2.24) is 15.1 Å². The molecule has 22 heavy (non-hydrogen) atoms. The van der Waals surface area contributed by atoms with Gasteiger partial charge in [-0.05, 0) is 23.1 Å². The second-order valence-corrected chi connectivity index (χ2v) is 5.21. The molecule has 1 aliphatic heterocycles. The monoisotopic (exact) mass is 339 g/mol. The van der Waals surface area contributed by atoms with E-state index in [1.807, 2.05) is 30.3 Å². The first kappa shape index (κ1) is 16.5. The van der Waals surface area contributed by atoms with Gasteiger partial charge in [0, 0.05) is 6.54 Å². The van der Waals surface area contributed by atoms with Crippen LogP contribution in [0.2, 0.25) is 5.15 Å². The molecule has 0 spiro atoms. The molecule has 2 heterocycles. The minimum Gasteiger partial charge on any atom is -0.445 e. The van der Waals surface area contributed by atoms with Crippen LogP contribution in [-0.2, 0) is 24.3 Å². The van der Waals surface area contributed by atoms with E-state index in [1.165, 1.54) is 0 Å². The summed E-state index contributed by atoms with van der Waals surface area (Å²) in [5.41, 5.74) is 2.87. The zero-order valence-corrected chi connectivity index (χ0v) is 13.3. The van der Waals surface area contributed by atoms with Crippen molar-refractivity contribution in [1.29, 1.82) is 0 Å². The molecule has 0 saturated heterocycles. The van der Waals surface area contributed by atoms with Crippen molar-refractivity contribution >= 4 is 30.1 Å². The fourth-order valence-corrected chi connectivity index (χ4v) is 2.58. The SMILES string of the molecule is Cl.O=C(OCc1ccccc1)N1CCc2c(cnnc2Cl)C1. The molecular formula is C15H15Cl2N3O2. The lowest BCUT2D eigenvalue weighted by Gasteiger charge is -2.27. The van der Waals surface area contributed by atoms with Gasteiger partial charge in [-0.25, -0.2) is 4.79 Å². The summed E-state index contributed by atoms with van der Waals surface area (Å²) < 4.78 is 5.33. The van der Waals surface area contributed by atoms with E-state index >= 15 is 0 Å². The first-order valence-corrected chi connectivity index (χ1v) is 7.06. The highest BCUT2D eigenvalue weighted by atomic mass is 35.5. The molecule has 1 aromatic carbocycles.